The second-order valence-electron chi connectivity index (χ2n) is 5.74. The van der Waals surface area contributed by atoms with Crippen LogP contribution in [0.5, 0.6) is 5.75 Å². The predicted molar refractivity (Wildman–Crippen MR) is 107 cm³/mol. The van der Waals surface area contributed by atoms with E-state index in [0.717, 1.165) is 5.56 Å². The van der Waals surface area contributed by atoms with E-state index in [2.05, 4.69) is 15.0 Å². The van der Waals surface area contributed by atoms with Crippen molar-refractivity contribution in [1.82, 2.24) is 10.3 Å². The van der Waals surface area contributed by atoms with Gasteiger partial charge >= 0.3 is 5.97 Å². The van der Waals surface area contributed by atoms with Gasteiger partial charge < -0.3 is 14.8 Å². The van der Waals surface area contributed by atoms with Gasteiger partial charge in [-0.1, -0.05) is 23.7 Å². The van der Waals surface area contributed by atoms with Gasteiger partial charge in [0.25, 0.3) is 5.91 Å². The Kier molecular flexibility index (Phi) is 6.62. The summed E-state index contributed by atoms with van der Waals surface area (Å²) in [7, 11) is 1.33. The molecule has 0 spiro atoms. The molecule has 3 rings (SSSR count). The third-order valence-electron chi connectivity index (χ3n) is 3.79. The number of nitrogens with one attached hydrogen (secondary N) is 1. The molecule has 1 aromatic heterocycles. The Balaban J connectivity index is 1.51. The maximum Gasteiger partial charge on any atom is 0.337 e. The van der Waals surface area contributed by atoms with Gasteiger partial charge in [0.05, 0.1) is 12.7 Å². The predicted octanol–water partition coefficient (Wildman–Crippen LogP) is 4.09. The highest BCUT2D eigenvalue weighted by molar-refractivity contribution is 7.09. The molecule has 0 unspecified atom stereocenters. The van der Waals surface area contributed by atoms with E-state index in [1.165, 1.54) is 18.4 Å². The van der Waals surface area contributed by atoms with Crippen molar-refractivity contribution in [3.05, 3.63) is 80.8 Å². The van der Waals surface area contributed by atoms with Crippen LogP contribution in [0.2, 0.25) is 5.02 Å². The Labute approximate surface area is 171 Å². The summed E-state index contributed by atoms with van der Waals surface area (Å²) in [5.41, 5.74) is 1.66. The molecule has 0 aliphatic rings. The van der Waals surface area contributed by atoms with E-state index in [-0.39, 0.29) is 12.5 Å². The highest BCUT2D eigenvalue weighted by Gasteiger charge is 2.11. The molecular weight excluding hydrogens is 400 g/mol. The minimum absolute atomic E-state index is 0.272. The zero-order valence-corrected chi connectivity index (χ0v) is 16.5. The molecule has 0 radical (unpaired) electrons. The van der Waals surface area contributed by atoms with E-state index in [1.54, 1.807) is 53.9 Å². The first-order valence-corrected chi connectivity index (χ1v) is 9.59. The minimum Gasteiger partial charge on any atom is -0.486 e. The van der Waals surface area contributed by atoms with Crippen molar-refractivity contribution in [1.29, 1.82) is 0 Å². The number of esters is 1. The Hall–Kier alpha value is -2.90. The van der Waals surface area contributed by atoms with Gasteiger partial charge in [0.1, 0.15) is 23.1 Å². The average molecular weight is 417 g/mol. The summed E-state index contributed by atoms with van der Waals surface area (Å²) in [5, 5.41) is 5.83. The summed E-state index contributed by atoms with van der Waals surface area (Å²) in [6.45, 7) is 0.600. The van der Waals surface area contributed by atoms with Gasteiger partial charge in [-0.25, -0.2) is 9.78 Å². The number of ether oxygens (including phenoxy) is 2. The summed E-state index contributed by atoms with van der Waals surface area (Å²) in [6.07, 6.45) is 0. The van der Waals surface area contributed by atoms with Crippen LogP contribution in [0, 0.1) is 0 Å². The van der Waals surface area contributed by atoms with Crippen molar-refractivity contribution in [2.45, 2.75) is 13.2 Å². The molecule has 0 aliphatic carbocycles. The number of carbonyl (C=O) groups is 2. The van der Waals surface area contributed by atoms with Crippen molar-refractivity contribution in [2.75, 3.05) is 7.11 Å². The number of amides is 1. The number of aromatic nitrogens is 1. The lowest BCUT2D eigenvalue weighted by Crippen LogP contribution is -2.23. The van der Waals surface area contributed by atoms with Crippen LogP contribution in [0.4, 0.5) is 0 Å². The van der Waals surface area contributed by atoms with Crippen molar-refractivity contribution in [3.63, 3.8) is 0 Å². The number of rotatable bonds is 7. The molecule has 144 valence electrons. The zero-order valence-electron chi connectivity index (χ0n) is 15.0. The maximum absolute atomic E-state index is 12.3. The number of nitrogens with zero attached hydrogens (tertiary/aromatic N) is 1. The van der Waals surface area contributed by atoms with E-state index in [4.69, 9.17) is 16.3 Å². The van der Waals surface area contributed by atoms with Crippen LogP contribution >= 0.6 is 22.9 Å². The van der Waals surface area contributed by atoms with Gasteiger partial charge in [-0.15, -0.1) is 11.3 Å². The smallest absolute Gasteiger partial charge is 0.337 e. The fourth-order valence-electron chi connectivity index (χ4n) is 2.31. The minimum atomic E-state index is -0.397. The zero-order chi connectivity index (χ0) is 19.9. The Morgan fingerprint density at radius 2 is 1.82 bits per heavy atom. The second-order valence-corrected chi connectivity index (χ2v) is 7.12. The number of benzene rings is 2. The van der Waals surface area contributed by atoms with Crippen LogP contribution in [-0.2, 0) is 17.9 Å². The largest absolute Gasteiger partial charge is 0.486 e. The fraction of sp³-hybridized carbons (Fsp3) is 0.150. The van der Waals surface area contributed by atoms with Crippen LogP contribution in [0.1, 0.15) is 31.4 Å². The molecule has 28 heavy (non-hydrogen) atoms. The molecule has 0 aliphatic heterocycles. The normalized spacial score (nSPS) is 10.4. The van der Waals surface area contributed by atoms with Gasteiger partial charge in [0, 0.05) is 16.9 Å². The molecular formula is C20H17ClN2O4S. The van der Waals surface area contributed by atoms with E-state index in [9.17, 15) is 9.59 Å². The van der Waals surface area contributed by atoms with Crippen molar-refractivity contribution >= 4 is 34.8 Å². The number of methoxy groups -OCH3 is 1. The Morgan fingerprint density at radius 3 is 2.50 bits per heavy atom. The third-order valence-corrected chi connectivity index (χ3v) is 4.86. The Morgan fingerprint density at radius 1 is 1.11 bits per heavy atom. The summed E-state index contributed by atoms with van der Waals surface area (Å²) in [5.74, 6) is 0.0125. The van der Waals surface area contributed by atoms with Gasteiger partial charge in [0.15, 0.2) is 0 Å². The van der Waals surface area contributed by atoms with Crippen LogP contribution in [0.3, 0.4) is 0 Å². The lowest BCUT2D eigenvalue weighted by atomic mass is 10.1. The highest BCUT2D eigenvalue weighted by atomic mass is 35.5. The van der Waals surface area contributed by atoms with Gasteiger partial charge in [-0.2, -0.15) is 0 Å². The number of hydrogen-bond donors (Lipinski definition) is 1. The molecule has 3 aromatic rings. The molecule has 6 nitrogen and oxygen atoms in total. The molecule has 1 N–H and O–H groups in total. The standard InChI is InChI=1S/C20H17ClN2O4S/c1-26-20(25)14-4-2-13(3-5-14)10-22-19(24)17-12-28-18(23-17)11-27-16-8-6-15(21)7-9-16/h2-9,12H,10-11H2,1H3,(H,22,24). The lowest BCUT2D eigenvalue weighted by Gasteiger charge is -2.05. The first-order chi connectivity index (χ1) is 13.5. The number of carbonyl (C=O) groups excluding carboxylic acids is 2. The Bertz CT molecular complexity index is 955. The highest BCUT2D eigenvalue weighted by Crippen LogP contribution is 2.18. The molecule has 0 atom stereocenters. The molecule has 1 heterocycles. The molecule has 8 heteroatoms. The number of halogens is 1. The van der Waals surface area contributed by atoms with E-state index in [1.807, 2.05) is 0 Å². The third kappa shape index (κ3) is 5.31. The lowest BCUT2D eigenvalue weighted by molar-refractivity contribution is 0.0600. The summed E-state index contributed by atoms with van der Waals surface area (Å²) in [4.78, 5) is 28.0. The van der Waals surface area contributed by atoms with Crippen LogP contribution < -0.4 is 10.1 Å². The van der Waals surface area contributed by atoms with Gasteiger partial charge in [-0.05, 0) is 42.0 Å². The molecule has 0 fully saturated rings. The van der Waals surface area contributed by atoms with Crippen molar-refractivity contribution in [2.24, 2.45) is 0 Å². The summed E-state index contributed by atoms with van der Waals surface area (Å²) < 4.78 is 10.3. The van der Waals surface area contributed by atoms with Crippen LogP contribution in [-0.4, -0.2) is 24.0 Å². The summed E-state index contributed by atoms with van der Waals surface area (Å²) >= 11 is 7.19. The van der Waals surface area contributed by atoms with Crippen molar-refractivity contribution in [3.8, 4) is 5.75 Å². The molecule has 0 bridgehead atoms. The van der Waals surface area contributed by atoms with Crippen LogP contribution in [0.15, 0.2) is 53.9 Å². The first-order valence-electron chi connectivity index (χ1n) is 8.33. The van der Waals surface area contributed by atoms with Gasteiger partial charge in [-0.3, -0.25) is 4.79 Å². The average Bonchev–Trinajstić information content (AvgIpc) is 3.20. The summed E-state index contributed by atoms with van der Waals surface area (Å²) in [6, 6.07) is 13.9. The van der Waals surface area contributed by atoms with Gasteiger partial charge in [0.2, 0.25) is 0 Å². The second kappa shape index (κ2) is 9.34. The fourth-order valence-corrected chi connectivity index (χ4v) is 3.12. The quantitative estimate of drug-likeness (QED) is 0.587. The molecule has 0 saturated carbocycles. The van der Waals surface area contributed by atoms with E-state index in [0.29, 0.717) is 33.6 Å². The van der Waals surface area contributed by atoms with Crippen molar-refractivity contribution < 1.29 is 19.1 Å². The monoisotopic (exact) mass is 416 g/mol. The maximum atomic E-state index is 12.3. The van der Waals surface area contributed by atoms with E-state index < -0.39 is 5.97 Å². The first kappa shape index (κ1) is 19.9. The van der Waals surface area contributed by atoms with Crippen LogP contribution in [0.25, 0.3) is 0 Å². The van der Waals surface area contributed by atoms with E-state index >= 15 is 0 Å². The number of thiazole rings is 1. The molecule has 2 aromatic carbocycles. The SMILES string of the molecule is COC(=O)c1ccc(CNC(=O)c2csc(COc3ccc(Cl)cc3)n2)cc1. The molecule has 1 amide bonds. The molecule has 0 saturated heterocycles. The number of hydrogen-bond acceptors (Lipinski definition) is 6. The topological polar surface area (TPSA) is 77.5 Å².